The Morgan fingerprint density at radius 3 is 1.60 bits per heavy atom. The van der Waals surface area contributed by atoms with Crippen molar-refractivity contribution in [3.63, 3.8) is 0 Å². The summed E-state index contributed by atoms with van der Waals surface area (Å²) in [6, 6.07) is 7.40. The monoisotopic (exact) mass is 260 g/mol. The lowest BCUT2D eigenvalue weighted by atomic mass is 10.3. The molecule has 0 radical (unpaired) electrons. The van der Waals surface area contributed by atoms with Crippen LogP contribution in [0.25, 0.3) is 33.7 Å². The molecule has 0 aliphatic heterocycles. The lowest BCUT2D eigenvalue weighted by Gasteiger charge is -2.02. The lowest BCUT2D eigenvalue weighted by Crippen LogP contribution is -1.95. The predicted molar refractivity (Wildman–Crippen MR) is 73.7 cm³/mol. The summed E-state index contributed by atoms with van der Waals surface area (Å²) in [7, 11) is 0. The summed E-state index contributed by atoms with van der Waals surface area (Å²) in [4.78, 5) is 25.9. The van der Waals surface area contributed by atoms with E-state index >= 15 is 0 Å². The fraction of sp³-hybridized carbons (Fsp3) is 0. The van der Waals surface area contributed by atoms with Crippen LogP contribution in [0.5, 0.6) is 0 Å². The first-order chi connectivity index (χ1) is 9.90. The highest BCUT2D eigenvalue weighted by molar-refractivity contribution is 5.75. The summed E-state index contributed by atoms with van der Waals surface area (Å²) in [6.07, 6.45) is 6.72. The quantitative estimate of drug-likeness (QED) is 0.521. The topological polar surface area (TPSA) is 77.3 Å². The van der Waals surface area contributed by atoms with Crippen LogP contribution in [0.3, 0.4) is 0 Å². The van der Waals surface area contributed by atoms with E-state index in [1.54, 1.807) is 24.8 Å². The molecule has 0 saturated carbocycles. The first-order valence-corrected chi connectivity index (χ1v) is 6.06. The van der Waals surface area contributed by atoms with E-state index in [0.29, 0.717) is 22.7 Å². The lowest BCUT2D eigenvalue weighted by molar-refractivity contribution is 1.17. The van der Waals surface area contributed by atoms with E-state index in [4.69, 9.17) is 0 Å². The van der Waals surface area contributed by atoms with Gasteiger partial charge in [0, 0.05) is 12.4 Å². The second-order valence-electron chi connectivity index (χ2n) is 4.20. The molecule has 0 amide bonds. The van der Waals surface area contributed by atoms with E-state index in [0.717, 1.165) is 11.0 Å². The van der Waals surface area contributed by atoms with Gasteiger partial charge in [-0.15, -0.1) is 0 Å². The minimum absolute atomic E-state index is 0.591. The Labute approximate surface area is 113 Å². The first-order valence-electron chi connectivity index (χ1n) is 6.06. The van der Waals surface area contributed by atoms with Crippen LogP contribution >= 0.6 is 0 Å². The molecule has 0 aliphatic rings. The van der Waals surface area contributed by atoms with E-state index in [2.05, 4.69) is 29.9 Å². The Morgan fingerprint density at radius 1 is 0.600 bits per heavy atom. The molecule has 0 unspecified atom stereocenters. The molecule has 94 valence electrons. The van der Waals surface area contributed by atoms with Crippen molar-refractivity contribution in [3.8, 4) is 11.4 Å². The molecule has 6 heteroatoms. The molecule has 4 heterocycles. The number of rotatable bonds is 1. The Hall–Kier alpha value is -3.02. The molecule has 20 heavy (non-hydrogen) atoms. The van der Waals surface area contributed by atoms with E-state index in [9.17, 15) is 0 Å². The number of hydrogen-bond donors (Lipinski definition) is 0. The molecular formula is C14H8N6. The van der Waals surface area contributed by atoms with Crippen molar-refractivity contribution in [3.05, 3.63) is 49.1 Å². The van der Waals surface area contributed by atoms with Gasteiger partial charge in [-0.1, -0.05) is 0 Å². The van der Waals surface area contributed by atoms with Crippen molar-refractivity contribution in [2.75, 3.05) is 0 Å². The van der Waals surface area contributed by atoms with Crippen molar-refractivity contribution >= 4 is 22.3 Å². The van der Waals surface area contributed by atoms with E-state index in [-0.39, 0.29) is 0 Å². The molecule has 0 bridgehead atoms. The molecule has 0 aromatic carbocycles. The van der Waals surface area contributed by atoms with Crippen molar-refractivity contribution in [2.24, 2.45) is 0 Å². The molecular weight excluding hydrogens is 252 g/mol. The summed E-state index contributed by atoms with van der Waals surface area (Å²) in [5, 5.41) is 0. The highest BCUT2D eigenvalue weighted by Gasteiger charge is 2.06. The SMILES string of the molecule is c1cnc2nc(-c3cnc4cccnc4n3)cnc2c1. The smallest absolute Gasteiger partial charge is 0.178 e. The third-order valence-corrected chi connectivity index (χ3v) is 2.90. The summed E-state index contributed by atoms with van der Waals surface area (Å²) < 4.78 is 0. The first kappa shape index (κ1) is 10.9. The Kier molecular flexibility index (Phi) is 2.32. The van der Waals surface area contributed by atoms with Gasteiger partial charge in [-0.05, 0) is 24.3 Å². The molecule has 0 N–H and O–H groups in total. The molecule has 6 nitrogen and oxygen atoms in total. The summed E-state index contributed by atoms with van der Waals surface area (Å²) in [5.41, 5.74) is 3.96. The summed E-state index contributed by atoms with van der Waals surface area (Å²) >= 11 is 0. The highest BCUT2D eigenvalue weighted by Crippen LogP contribution is 2.17. The van der Waals surface area contributed by atoms with Crippen molar-refractivity contribution in [1.82, 2.24) is 29.9 Å². The maximum Gasteiger partial charge on any atom is 0.178 e. The Bertz CT molecular complexity index is 844. The van der Waals surface area contributed by atoms with E-state index in [1.165, 1.54) is 0 Å². The highest BCUT2D eigenvalue weighted by atomic mass is 14.9. The van der Waals surface area contributed by atoms with E-state index in [1.807, 2.05) is 24.3 Å². The Morgan fingerprint density at radius 2 is 1.10 bits per heavy atom. The second kappa shape index (κ2) is 4.27. The minimum atomic E-state index is 0.591. The van der Waals surface area contributed by atoms with Crippen LogP contribution in [-0.4, -0.2) is 29.9 Å². The van der Waals surface area contributed by atoms with Gasteiger partial charge in [0.1, 0.15) is 22.4 Å². The predicted octanol–water partition coefficient (Wildman–Crippen LogP) is 2.03. The number of nitrogens with zero attached hydrogens (tertiary/aromatic N) is 6. The van der Waals surface area contributed by atoms with Gasteiger partial charge in [-0.2, -0.15) is 0 Å². The number of aromatic nitrogens is 6. The number of fused-ring (bicyclic) bond motifs is 2. The van der Waals surface area contributed by atoms with Gasteiger partial charge in [0.2, 0.25) is 0 Å². The second-order valence-corrected chi connectivity index (χ2v) is 4.20. The van der Waals surface area contributed by atoms with Crippen molar-refractivity contribution in [2.45, 2.75) is 0 Å². The third kappa shape index (κ3) is 1.74. The molecule has 4 aromatic rings. The molecule has 4 aromatic heterocycles. The molecule has 0 atom stereocenters. The van der Waals surface area contributed by atoms with Crippen LogP contribution < -0.4 is 0 Å². The van der Waals surface area contributed by atoms with Gasteiger partial charge in [0.25, 0.3) is 0 Å². The fourth-order valence-electron chi connectivity index (χ4n) is 1.94. The van der Waals surface area contributed by atoms with Gasteiger partial charge in [-0.25, -0.2) is 19.9 Å². The molecule has 0 fully saturated rings. The average molecular weight is 260 g/mol. The fourth-order valence-corrected chi connectivity index (χ4v) is 1.94. The van der Waals surface area contributed by atoms with E-state index < -0.39 is 0 Å². The zero-order valence-corrected chi connectivity index (χ0v) is 10.3. The van der Waals surface area contributed by atoms with Gasteiger partial charge in [0.15, 0.2) is 11.3 Å². The summed E-state index contributed by atoms with van der Waals surface area (Å²) in [6.45, 7) is 0. The zero-order valence-electron chi connectivity index (χ0n) is 10.3. The van der Waals surface area contributed by atoms with Crippen LogP contribution in [0.15, 0.2) is 49.1 Å². The van der Waals surface area contributed by atoms with Crippen LogP contribution in [-0.2, 0) is 0 Å². The number of pyridine rings is 2. The maximum atomic E-state index is 4.45. The maximum absolute atomic E-state index is 4.45. The van der Waals surface area contributed by atoms with Crippen molar-refractivity contribution < 1.29 is 0 Å². The van der Waals surface area contributed by atoms with Crippen LogP contribution in [0.4, 0.5) is 0 Å². The zero-order chi connectivity index (χ0) is 13.4. The largest absolute Gasteiger partial charge is 0.251 e. The van der Waals surface area contributed by atoms with Gasteiger partial charge in [0.05, 0.1) is 12.4 Å². The minimum Gasteiger partial charge on any atom is -0.251 e. The van der Waals surface area contributed by atoms with Gasteiger partial charge in [-0.3, -0.25) is 9.97 Å². The van der Waals surface area contributed by atoms with Crippen LogP contribution in [0.1, 0.15) is 0 Å². The standard InChI is InChI=1S/C14H8N6/c1-3-9-13(15-5-1)19-11(7-17-9)12-8-18-10-4-2-6-16-14(10)20-12/h1-8H. The van der Waals surface area contributed by atoms with Gasteiger partial charge < -0.3 is 0 Å². The van der Waals surface area contributed by atoms with Crippen LogP contribution in [0.2, 0.25) is 0 Å². The molecule has 0 spiro atoms. The number of hydrogen-bond acceptors (Lipinski definition) is 6. The van der Waals surface area contributed by atoms with Gasteiger partial charge >= 0.3 is 0 Å². The normalized spacial score (nSPS) is 11.0. The average Bonchev–Trinajstić information content (AvgIpc) is 2.54. The molecule has 0 saturated heterocycles. The summed E-state index contributed by atoms with van der Waals surface area (Å²) in [5.74, 6) is 0. The molecule has 0 aliphatic carbocycles. The third-order valence-electron chi connectivity index (χ3n) is 2.90. The molecule has 4 rings (SSSR count). The van der Waals surface area contributed by atoms with Crippen molar-refractivity contribution in [1.29, 1.82) is 0 Å². The van der Waals surface area contributed by atoms with Crippen LogP contribution in [0, 0.1) is 0 Å². The Balaban J connectivity index is 1.91.